The van der Waals surface area contributed by atoms with Crippen LogP contribution in [0.2, 0.25) is 0 Å². The Labute approximate surface area is 194 Å². The van der Waals surface area contributed by atoms with Crippen molar-refractivity contribution in [2.24, 2.45) is 5.92 Å². The van der Waals surface area contributed by atoms with Gasteiger partial charge in [0, 0.05) is 26.5 Å². The molecule has 0 fully saturated rings. The Morgan fingerprint density at radius 2 is 1.84 bits per heavy atom. The molecule has 2 aromatic carbocycles. The highest BCUT2D eigenvalue weighted by atomic mass is 127. The number of nitrogens with one attached hydrogen (secondary N) is 1. The molecule has 0 aliphatic carbocycles. The van der Waals surface area contributed by atoms with E-state index in [0.29, 0.717) is 29.7 Å². The number of anilines is 1. The quantitative estimate of drug-likeness (QED) is 0.220. The highest BCUT2D eigenvalue weighted by Crippen LogP contribution is 2.36. The van der Waals surface area contributed by atoms with E-state index in [2.05, 4.69) is 27.9 Å². The molecule has 0 saturated heterocycles. The number of amides is 1. The molecule has 2 rings (SSSR count). The SMILES string of the molecule is CC(=O)c1ccc(NC(=O)O[C@@H](c2cc(I)ccc2O)[C@@H](C)CC/C=C/C(=O)O)cc1. The number of carbonyl (C=O) groups is 3. The van der Waals surface area contributed by atoms with Gasteiger partial charge in [-0.2, -0.15) is 0 Å². The zero-order valence-corrected chi connectivity index (χ0v) is 19.3. The van der Waals surface area contributed by atoms with Crippen molar-refractivity contribution in [3.05, 3.63) is 69.3 Å². The van der Waals surface area contributed by atoms with Gasteiger partial charge in [-0.1, -0.05) is 13.0 Å². The lowest BCUT2D eigenvalue weighted by molar-refractivity contribution is -0.131. The largest absolute Gasteiger partial charge is 0.508 e. The number of benzene rings is 2. The number of phenols is 1. The third kappa shape index (κ3) is 7.71. The molecule has 0 aromatic heterocycles. The first-order valence-corrected chi connectivity index (χ1v) is 10.7. The van der Waals surface area contributed by atoms with Crippen molar-refractivity contribution in [3.8, 4) is 5.75 Å². The lowest BCUT2D eigenvalue weighted by Gasteiger charge is -2.25. The zero-order valence-electron chi connectivity index (χ0n) is 17.2. The molecule has 0 spiro atoms. The molecule has 164 valence electrons. The summed E-state index contributed by atoms with van der Waals surface area (Å²) >= 11 is 2.11. The minimum Gasteiger partial charge on any atom is -0.508 e. The van der Waals surface area contributed by atoms with Gasteiger partial charge >= 0.3 is 12.1 Å². The maximum absolute atomic E-state index is 12.6. The van der Waals surface area contributed by atoms with Crippen molar-refractivity contribution in [3.63, 3.8) is 0 Å². The molecule has 0 saturated carbocycles. The number of ketones is 1. The molecule has 0 unspecified atom stereocenters. The van der Waals surface area contributed by atoms with Crippen LogP contribution >= 0.6 is 22.6 Å². The fourth-order valence-electron chi connectivity index (χ4n) is 2.98. The molecular weight excluding hydrogens is 513 g/mol. The van der Waals surface area contributed by atoms with E-state index in [-0.39, 0.29) is 17.5 Å². The third-order valence-corrected chi connectivity index (χ3v) is 5.30. The van der Waals surface area contributed by atoms with Crippen LogP contribution < -0.4 is 5.32 Å². The van der Waals surface area contributed by atoms with Crippen LogP contribution in [0, 0.1) is 9.49 Å². The van der Waals surface area contributed by atoms with E-state index >= 15 is 0 Å². The monoisotopic (exact) mass is 537 g/mol. The first kappa shape index (κ1) is 24.4. The van der Waals surface area contributed by atoms with Crippen LogP contribution in [0.5, 0.6) is 5.75 Å². The number of hydrogen-bond acceptors (Lipinski definition) is 5. The average Bonchev–Trinajstić information content (AvgIpc) is 2.71. The van der Waals surface area contributed by atoms with Crippen molar-refractivity contribution in [1.82, 2.24) is 0 Å². The van der Waals surface area contributed by atoms with Gasteiger partial charge in [-0.25, -0.2) is 9.59 Å². The highest BCUT2D eigenvalue weighted by Gasteiger charge is 2.26. The number of Topliss-reactive ketones (excluding diaryl/α,β-unsaturated/α-hetero) is 1. The van der Waals surface area contributed by atoms with Crippen molar-refractivity contribution in [1.29, 1.82) is 0 Å². The van der Waals surface area contributed by atoms with Gasteiger partial charge in [-0.05, 0) is 90.7 Å². The fraction of sp³-hybridized carbons (Fsp3) is 0.261. The number of carbonyl (C=O) groups excluding carboxylic acids is 2. The third-order valence-electron chi connectivity index (χ3n) is 4.63. The number of hydrogen-bond donors (Lipinski definition) is 3. The van der Waals surface area contributed by atoms with E-state index < -0.39 is 18.2 Å². The molecule has 3 N–H and O–H groups in total. The summed E-state index contributed by atoms with van der Waals surface area (Å²) in [5, 5.41) is 21.7. The first-order chi connectivity index (χ1) is 14.7. The number of aromatic hydroxyl groups is 1. The summed E-state index contributed by atoms with van der Waals surface area (Å²) in [7, 11) is 0. The molecule has 0 heterocycles. The Morgan fingerprint density at radius 3 is 2.45 bits per heavy atom. The Balaban J connectivity index is 2.17. The molecule has 0 radical (unpaired) electrons. The minimum atomic E-state index is -1.02. The first-order valence-electron chi connectivity index (χ1n) is 9.64. The van der Waals surface area contributed by atoms with Crippen LogP contribution in [0.3, 0.4) is 0 Å². The van der Waals surface area contributed by atoms with Crippen LogP contribution in [-0.2, 0) is 9.53 Å². The Kier molecular flexibility index (Phi) is 9.04. The van der Waals surface area contributed by atoms with Crippen molar-refractivity contribution in [2.45, 2.75) is 32.8 Å². The van der Waals surface area contributed by atoms with E-state index in [9.17, 15) is 19.5 Å². The molecule has 2 aromatic rings. The number of halogens is 1. The average molecular weight is 537 g/mol. The Hall–Kier alpha value is -2.88. The molecule has 7 nitrogen and oxygen atoms in total. The Morgan fingerprint density at radius 1 is 1.16 bits per heavy atom. The number of ether oxygens (including phenoxy) is 1. The number of rotatable bonds is 9. The molecule has 8 heteroatoms. The van der Waals surface area contributed by atoms with Gasteiger partial charge in [-0.15, -0.1) is 0 Å². The van der Waals surface area contributed by atoms with Crippen molar-refractivity contribution < 1.29 is 29.3 Å². The minimum absolute atomic E-state index is 0.0111. The molecule has 0 aliphatic heterocycles. The van der Waals surface area contributed by atoms with Gasteiger partial charge < -0.3 is 14.9 Å². The van der Waals surface area contributed by atoms with Crippen LogP contribution in [0.1, 0.15) is 48.7 Å². The summed E-state index contributed by atoms with van der Waals surface area (Å²) in [5.41, 5.74) is 1.48. The van der Waals surface area contributed by atoms with Gasteiger partial charge in [-0.3, -0.25) is 10.1 Å². The second-order valence-electron chi connectivity index (χ2n) is 7.08. The van der Waals surface area contributed by atoms with Crippen LogP contribution in [0.25, 0.3) is 0 Å². The standard InChI is InChI=1S/C23H24INO6/c1-14(5-3-4-6-21(28)29)22(19-13-17(24)9-12-20(19)27)31-23(30)25-18-10-7-16(8-11-18)15(2)26/h4,6-14,22,27H,3,5H2,1-2H3,(H,25,30)(H,28,29)/b6-4+/t14-,22+/m0/s1. The zero-order chi connectivity index (χ0) is 23.0. The predicted molar refractivity (Wildman–Crippen MR) is 125 cm³/mol. The van der Waals surface area contributed by atoms with Crippen LogP contribution in [0.15, 0.2) is 54.6 Å². The summed E-state index contributed by atoms with van der Waals surface area (Å²) in [6.45, 7) is 3.33. The van der Waals surface area contributed by atoms with Gasteiger partial charge in [0.05, 0.1) is 0 Å². The summed E-state index contributed by atoms with van der Waals surface area (Å²) in [4.78, 5) is 34.6. The van der Waals surface area contributed by atoms with Gasteiger partial charge in [0.1, 0.15) is 11.9 Å². The molecule has 0 bridgehead atoms. The lowest BCUT2D eigenvalue weighted by atomic mass is 9.92. The molecule has 31 heavy (non-hydrogen) atoms. The molecular formula is C23H24INO6. The number of carboxylic acids is 1. The maximum Gasteiger partial charge on any atom is 0.412 e. The maximum atomic E-state index is 12.6. The van der Waals surface area contributed by atoms with E-state index in [0.717, 1.165) is 9.65 Å². The normalized spacial score (nSPS) is 12.9. The van der Waals surface area contributed by atoms with Gasteiger partial charge in [0.25, 0.3) is 0 Å². The van der Waals surface area contributed by atoms with Gasteiger partial charge in [0.15, 0.2) is 5.78 Å². The topological polar surface area (TPSA) is 113 Å². The van der Waals surface area contributed by atoms with Crippen molar-refractivity contribution >= 4 is 46.1 Å². The number of allylic oxidation sites excluding steroid dienone is 1. The highest BCUT2D eigenvalue weighted by molar-refractivity contribution is 14.1. The molecule has 1 amide bonds. The lowest BCUT2D eigenvalue weighted by Crippen LogP contribution is -2.22. The van der Waals surface area contributed by atoms with Gasteiger partial charge in [0.2, 0.25) is 0 Å². The van der Waals surface area contributed by atoms with Crippen LogP contribution in [-0.4, -0.2) is 28.1 Å². The summed E-state index contributed by atoms with van der Waals surface area (Å²) in [5.74, 6) is -1.29. The van der Waals surface area contributed by atoms with E-state index in [1.165, 1.54) is 6.92 Å². The van der Waals surface area contributed by atoms with E-state index in [1.807, 2.05) is 6.92 Å². The second kappa shape index (κ2) is 11.5. The summed E-state index contributed by atoms with van der Waals surface area (Å²) < 4.78 is 6.55. The fourth-order valence-corrected chi connectivity index (χ4v) is 3.50. The second-order valence-corrected chi connectivity index (χ2v) is 8.33. The van der Waals surface area contributed by atoms with E-state index in [4.69, 9.17) is 9.84 Å². The summed E-state index contributed by atoms with van der Waals surface area (Å²) in [6, 6.07) is 11.5. The number of carboxylic acid groups (broad SMARTS) is 1. The number of phenolic OH excluding ortho intramolecular Hbond substituents is 1. The van der Waals surface area contributed by atoms with Crippen LogP contribution in [0.4, 0.5) is 10.5 Å². The smallest absolute Gasteiger partial charge is 0.412 e. The van der Waals surface area contributed by atoms with Crippen molar-refractivity contribution in [2.75, 3.05) is 5.32 Å². The molecule has 0 aliphatic rings. The predicted octanol–water partition coefficient (Wildman–Crippen LogP) is 5.55. The number of aliphatic carboxylic acids is 1. The van der Waals surface area contributed by atoms with E-state index in [1.54, 1.807) is 48.5 Å². The molecule has 2 atom stereocenters. The Bertz CT molecular complexity index is 971. The summed E-state index contributed by atoms with van der Waals surface area (Å²) in [6.07, 6.45) is 2.19.